The number of nitrogens with one attached hydrogen (secondary N) is 1. The molecule has 38 heavy (non-hydrogen) atoms. The van der Waals surface area contributed by atoms with Crippen molar-refractivity contribution in [1.82, 2.24) is 24.9 Å². The summed E-state index contributed by atoms with van der Waals surface area (Å²) in [4.78, 5) is 33.4. The fourth-order valence-corrected chi connectivity index (χ4v) is 3.97. The number of nitrogen functional groups attached to an aromatic ring is 1. The SMILES string of the molecule is Cc1ccc(C(=O)Nc2cc(C(F)(F)F)ccn2)cc1-c1cc2cnc(N)nc2c(-c2cnccn2)c1O. The molecule has 0 bridgehead atoms. The van der Waals surface area contributed by atoms with Crippen LogP contribution in [0.2, 0.25) is 0 Å². The number of nitrogens with two attached hydrogens (primary N) is 1. The number of carbonyl (C=O) groups is 1. The number of rotatable bonds is 4. The predicted octanol–water partition coefficient (Wildman–Crippen LogP) is 5.02. The number of fused-ring (bicyclic) bond motifs is 1. The third kappa shape index (κ3) is 4.66. The molecule has 0 unspecified atom stereocenters. The fourth-order valence-electron chi connectivity index (χ4n) is 3.97. The van der Waals surface area contributed by atoms with Gasteiger partial charge in [0.2, 0.25) is 5.95 Å². The van der Waals surface area contributed by atoms with E-state index in [1.54, 1.807) is 19.1 Å². The number of hydrogen-bond donors (Lipinski definition) is 3. The van der Waals surface area contributed by atoms with Crippen LogP contribution in [0.4, 0.5) is 24.9 Å². The summed E-state index contributed by atoms with van der Waals surface area (Å²) in [6.45, 7) is 1.79. The number of phenols is 1. The van der Waals surface area contributed by atoms with Gasteiger partial charge in [0.1, 0.15) is 11.6 Å². The highest BCUT2D eigenvalue weighted by atomic mass is 19.4. The summed E-state index contributed by atoms with van der Waals surface area (Å²) in [5.41, 5.74) is 7.55. The summed E-state index contributed by atoms with van der Waals surface area (Å²) in [7, 11) is 0. The van der Waals surface area contributed by atoms with E-state index in [1.807, 2.05) is 0 Å². The van der Waals surface area contributed by atoms with Crippen molar-refractivity contribution in [2.75, 3.05) is 11.1 Å². The van der Waals surface area contributed by atoms with E-state index < -0.39 is 17.6 Å². The van der Waals surface area contributed by atoms with Crippen molar-refractivity contribution in [1.29, 1.82) is 0 Å². The maximum atomic E-state index is 13.1. The van der Waals surface area contributed by atoms with Crippen LogP contribution in [0.15, 0.2) is 67.4 Å². The Balaban J connectivity index is 1.60. The molecule has 12 heteroatoms. The number of aryl methyl sites for hydroxylation is 1. The molecule has 0 saturated heterocycles. The molecule has 0 aliphatic carbocycles. The molecule has 0 aliphatic rings. The average Bonchev–Trinajstić information content (AvgIpc) is 2.89. The minimum Gasteiger partial charge on any atom is -0.507 e. The molecule has 0 aliphatic heterocycles. The maximum Gasteiger partial charge on any atom is 0.416 e. The van der Waals surface area contributed by atoms with Crippen molar-refractivity contribution in [3.05, 3.63) is 84.1 Å². The first-order valence-electron chi connectivity index (χ1n) is 11.1. The summed E-state index contributed by atoms with van der Waals surface area (Å²) in [6, 6.07) is 7.93. The Kier molecular flexibility index (Phi) is 6.07. The number of halogens is 3. The lowest BCUT2D eigenvalue weighted by Crippen LogP contribution is -2.14. The molecule has 0 fully saturated rings. The number of alkyl halides is 3. The van der Waals surface area contributed by atoms with Gasteiger partial charge in [-0.05, 0) is 48.4 Å². The van der Waals surface area contributed by atoms with Gasteiger partial charge in [-0.1, -0.05) is 6.07 Å². The number of amides is 1. The van der Waals surface area contributed by atoms with Crippen molar-refractivity contribution in [2.45, 2.75) is 13.1 Å². The van der Waals surface area contributed by atoms with Crippen LogP contribution in [-0.2, 0) is 6.18 Å². The lowest BCUT2D eigenvalue weighted by atomic mass is 9.93. The molecule has 3 aromatic heterocycles. The van der Waals surface area contributed by atoms with Crippen LogP contribution in [0.25, 0.3) is 33.3 Å². The standard InChI is InChI=1S/C26H18F3N7O2/c1-13-2-3-14(24(38)35-20-10-16(4-5-33-20)26(27,28)29)8-17(13)18-9-15-11-34-25(30)36-22(15)21(23(18)37)19-12-31-6-7-32-19/h2-12,37H,1H3,(H2,30,34,36)(H,33,35,38). The molecular weight excluding hydrogens is 499 g/mol. The van der Waals surface area contributed by atoms with E-state index in [0.717, 1.165) is 23.9 Å². The Morgan fingerprint density at radius 3 is 2.53 bits per heavy atom. The van der Waals surface area contributed by atoms with Crippen molar-refractivity contribution in [2.24, 2.45) is 0 Å². The van der Waals surface area contributed by atoms with Gasteiger partial charge < -0.3 is 16.2 Å². The van der Waals surface area contributed by atoms with Crippen LogP contribution in [-0.4, -0.2) is 35.9 Å². The van der Waals surface area contributed by atoms with Crippen LogP contribution < -0.4 is 11.1 Å². The number of phenolic OH excluding ortho intramolecular Hbond substituents is 1. The first-order chi connectivity index (χ1) is 18.1. The zero-order valence-corrected chi connectivity index (χ0v) is 19.7. The van der Waals surface area contributed by atoms with Crippen molar-refractivity contribution in [3.63, 3.8) is 0 Å². The van der Waals surface area contributed by atoms with Crippen LogP contribution in [0, 0.1) is 6.92 Å². The smallest absolute Gasteiger partial charge is 0.416 e. The molecular formula is C26H18F3N7O2. The molecule has 5 rings (SSSR count). The zero-order chi connectivity index (χ0) is 27.0. The van der Waals surface area contributed by atoms with E-state index in [2.05, 4.69) is 30.2 Å². The second kappa shape index (κ2) is 9.39. The molecule has 3 heterocycles. The third-order valence-corrected chi connectivity index (χ3v) is 5.80. The topological polar surface area (TPSA) is 140 Å². The van der Waals surface area contributed by atoms with E-state index in [0.29, 0.717) is 27.7 Å². The van der Waals surface area contributed by atoms with E-state index in [9.17, 15) is 23.1 Å². The van der Waals surface area contributed by atoms with Crippen LogP contribution in [0.1, 0.15) is 21.5 Å². The Labute approximate surface area is 213 Å². The number of pyridine rings is 1. The second-order valence-corrected chi connectivity index (χ2v) is 8.32. The highest BCUT2D eigenvalue weighted by Crippen LogP contribution is 2.43. The molecule has 0 atom stereocenters. The van der Waals surface area contributed by atoms with Gasteiger partial charge in [-0.15, -0.1) is 0 Å². The van der Waals surface area contributed by atoms with Gasteiger partial charge in [-0.3, -0.25) is 14.8 Å². The van der Waals surface area contributed by atoms with Gasteiger partial charge in [-0.2, -0.15) is 13.2 Å². The number of benzene rings is 2. The lowest BCUT2D eigenvalue weighted by molar-refractivity contribution is -0.137. The maximum absolute atomic E-state index is 13.1. The minimum absolute atomic E-state index is 0.00726. The normalized spacial score (nSPS) is 11.5. The highest BCUT2D eigenvalue weighted by Gasteiger charge is 2.31. The molecule has 9 nitrogen and oxygen atoms in total. The van der Waals surface area contributed by atoms with E-state index in [-0.39, 0.29) is 28.6 Å². The Bertz CT molecular complexity index is 1690. The highest BCUT2D eigenvalue weighted by molar-refractivity contribution is 6.06. The van der Waals surface area contributed by atoms with Crippen LogP contribution in [0.3, 0.4) is 0 Å². The average molecular weight is 517 g/mol. The molecule has 0 radical (unpaired) electrons. The molecule has 2 aromatic carbocycles. The fraction of sp³-hybridized carbons (Fsp3) is 0.0769. The number of anilines is 2. The molecule has 0 spiro atoms. The quantitative estimate of drug-likeness (QED) is 0.302. The molecule has 1 amide bonds. The first kappa shape index (κ1) is 24.6. The van der Waals surface area contributed by atoms with Crippen molar-refractivity contribution in [3.8, 4) is 28.1 Å². The summed E-state index contributed by atoms with van der Waals surface area (Å²) < 4.78 is 39.2. The van der Waals surface area contributed by atoms with Gasteiger partial charge in [0, 0.05) is 41.3 Å². The molecule has 190 valence electrons. The molecule has 0 saturated carbocycles. The zero-order valence-electron chi connectivity index (χ0n) is 19.7. The van der Waals surface area contributed by atoms with Gasteiger partial charge in [-0.25, -0.2) is 15.0 Å². The number of nitrogens with zero attached hydrogens (tertiary/aromatic N) is 5. The van der Waals surface area contributed by atoms with Gasteiger partial charge in [0.05, 0.1) is 28.5 Å². The monoisotopic (exact) mass is 517 g/mol. The summed E-state index contributed by atoms with van der Waals surface area (Å²) >= 11 is 0. The number of carbonyl (C=O) groups excluding carboxylic acids is 1. The Morgan fingerprint density at radius 1 is 0.974 bits per heavy atom. The number of hydrogen-bond acceptors (Lipinski definition) is 8. The Morgan fingerprint density at radius 2 is 1.79 bits per heavy atom. The predicted molar refractivity (Wildman–Crippen MR) is 134 cm³/mol. The number of aromatic hydroxyl groups is 1. The largest absolute Gasteiger partial charge is 0.507 e. The van der Waals surface area contributed by atoms with Gasteiger partial charge in [0.25, 0.3) is 5.91 Å². The third-order valence-electron chi connectivity index (χ3n) is 5.80. The van der Waals surface area contributed by atoms with Crippen LogP contribution in [0.5, 0.6) is 5.75 Å². The lowest BCUT2D eigenvalue weighted by Gasteiger charge is -2.16. The second-order valence-electron chi connectivity index (χ2n) is 8.32. The summed E-state index contributed by atoms with van der Waals surface area (Å²) in [5, 5.41) is 14.3. The Hall–Kier alpha value is -5.13. The summed E-state index contributed by atoms with van der Waals surface area (Å²) in [6.07, 6.45) is 2.32. The van der Waals surface area contributed by atoms with E-state index in [1.165, 1.54) is 36.9 Å². The molecule has 4 N–H and O–H groups in total. The van der Waals surface area contributed by atoms with Crippen LogP contribution >= 0.6 is 0 Å². The van der Waals surface area contributed by atoms with Gasteiger partial charge in [0.15, 0.2) is 0 Å². The number of aromatic nitrogens is 5. The van der Waals surface area contributed by atoms with Crippen molar-refractivity contribution < 1.29 is 23.1 Å². The van der Waals surface area contributed by atoms with Crippen molar-refractivity contribution >= 4 is 28.6 Å². The van der Waals surface area contributed by atoms with E-state index in [4.69, 9.17) is 5.73 Å². The first-order valence-corrected chi connectivity index (χ1v) is 11.1. The minimum atomic E-state index is -4.58. The van der Waals surface area contributed by atoms with E-state index >= 15 is 0 Å². The molecule has 5 aromatic rings. The van der Waals surface area contributed by atoms with Gasteiger partial charge >= 0.3 is 6.18 Å². The summed E-state index contributed by atoms with van der Waals surface area (Å²) in [5.74, 6) is -1.09.